The van der Waals surface area contributed by atoms with Crippen LogP contribution in [0.1, 0.15) is 44.8 Å². The van der Waals surface area contributed by atoms with Crippen LogP contribution in [-0.4, -0.2) is 27.5 Å². The molecular weight excluding hydrogens is 214 g/mol. The van der Waals surface area contributed by atoms with Crippen molar-refractivity contribution in [3.63, 3.8) is 0 Å². The normalized spacial score (nSPS) is 25.6. The van der Waals surface area contributed by atoms with E-state index in [0.29, 0.717) is 12.0 Å². The van der Waals surface area contributed by atoms with Gasteiger partial charge in [0.1, 0.15) is 0 Å². The minimum atomic E-state index is -0.0496. The Labute approximate surface area is 103 Å². The third-order valence-corrected chi connectivity index (χ3v) is 3.66. The molecule has 1 aromatic rings. The van der Waals surface area contributed by atoms with Gasteiger partial charge < -0.3 is 10.4 Å². The summed E-state index contributed by atoms with van der Waals surface area (Å²) in [5.41, 5.74) is 1.10. The van der Waals surface area contributed by atoms with Crippen LogP contribution in [0.15, 0.2) is 12.3 Å². The zero-order valence-corrected chi connectivity index (χ0v) is 10.8. The third kappa shape index (κ3) is 3.30. The summed E-state index contributed by atoms with van der Waals surface area (Å²) in [6.07, 6.45) is 5.02. The molecular formula is C13H23N3O. The van der Waals surface area contributed by atoms with E-state index in [9.17, 15) is 5.11 Å². The van der Waals surface area contributed by atoms with E-state index in [1.165, 1.54) is 0 Å². The largest absolute Gasteiger partial charge is 0.393 e. The van der Waals surface area contributed by atoms with Gasteiger partial charge in [-0.25, -0.2) is 0 Å². The Morgan fingerprint density at radius 3 is 3.00 bits per heavy atom. The van der Waals surface area contributed by atoms with Gasteiger partial charge in [0.2, 0.25) is 0 Å². The van der Waals surface area contributed by atoms with Crippen LogP contribution in [0, 0.1) is 5.92 Å². The fourth-order valence-electron chi connectivity index (χ4n) is 2.18. The van der Waals surface area contributed by atoms with E-state index in [1.807, 2.05) is 4.68 Å². The number of nitrogens with one attached hydrogen (secondary N) is 1. The average molecular weight is 237 g/mol. The van der Waals surface area contributed by atoms with Gasteiger partial charge in [0, 0.05) is 18.8 Å². The lowest BCUT2D eigenvalue weighted by Gasteiger charge is -2.31. The second kappa shape index (κ2) is 5.65. The van der Waals surface area contributed by atoms with Gasteiger partial charge in [-0.3, -0.25) is 4.68 Å². The second-order valence-corrected chi connectivity index (χ2v) is 5.17. The first-order chi connectivity index (χ1) is 8.19. The molecule has 0 amide bonds. The summed E-state index contributed by atoms with van der Waals surface area (Å²) in [5, 5.41) is 17.1. The fourth-order valence-corrected chi connectivity index (χ4v) is 2.18. The van der Waals surface area contributed by atoms with Gasteiger partial charge in [0.15, 0.2) is 0 Å². The fraction of sp³-hybridized carbons (Fsp3) is 0.769. The van der Waals surface area contributed by atoms with Crippen molar-refractivity contribution in [2.45, 2.75) is 51.8 Å². The molecule has 4 heteroatoms. The lowest BCUT2D eigenvalue weighted by atomic mass is 9.82. The van der Waals surface area contributed by atoms with Crippen molar-refractivity contribution in [2.24, 2.45) is 5.92 Å². The number of rotatable bonds is 6. The Balaban J connectivity index is 1.70. The van der Waals surface area contributed by atoms with Crippen LogP contribution < -0.4 is 5.32 Å². The minimum absolute atomic E-state index is 0.0496. The molecule has 1 fully saturated rings. The monoisotopic (exact) mass is 237 g/mol. The number of aromatic nitrogens is 2. The first kappa shape index (κ1) is 12.6. The first-order valence-electron chi connectivity index (χ1n) is 6.61. The molecule has 0 aromatic carbocycles. The molecule has 2 rings (SSSR count). The van der Waals surface area contributed by atoms with E-state index < -0.39 is 0 Å². The number of hydrogen-bond donors (Lipinski definition) is 2. The minimum Gasteiger partial charge on any atom is -0.393 e. The zero-order valence-electron chi connectivity index (χ0n) is 10.8. The summed E-state index contributed by atoms with van der Waals surface area (Å²) < 4.78 is 2.03. The van der Waals surface area contributed by atoms with Gasteiger partial charge in [-0.15, -0.1) is 0 Å². The van der Waals surface area contributed by atoms with Crippen molar-refractivity contribution in [3.8, 4) is 0 Å². The summed E-state index contributed by atoms with van der Waals surface area (Å²) >= 11 is 0. The summed E-state index contributed by atoms with van der Waals surface area (Å²) in [6, 6.07) is 2.56. The molecule has 1 aliphatic rings. The summed E-state index contributed by atoms with van der Waals surface area (Å²) in [7, 11) is 0. The van der Waals surface area contributed by atoms with Crippen LogP contribution in [0.3, 0.4) is 0 Å². The van der Waals surface area contributed by atoms with Gasteiger partial charge in [0.25, 0.3) is 0 Å². The van der Waals surface area contributed by atoms with Crippen LogP contribution in [0.2, 0.25) is 0 Å². The molecule has 17 heavy (non-hydrogen) atoms. The van der Waals surface area contributed by atoms with Crippen LogP contribution in [0.5, 0.6) is 0 Å². The van der Waals surface area contributed by atoms with Gasteiger partial charge in [-0.1, -0.05) is 6.92 Å². The van der Waals surface area contributed by atoms with E-state index in [1.54, 1.807) is 0 Å². The molecule has 0 aliphatic heterocycles. The predicted octanol–water partition coefficient (Wildman–Crippen LogP) is 1.71. The molecule has 0 radical (unpaired) electrons. The highest BCUT2D eigenvalue weighted by atomic mass is 16.3. The Bertz CT molecular complexity index is 344. The maximum atomic E-state index is 9.18. The molecule has 1 heterocycles. The number of nitrogens with zero attached hydrogens (tertiary/aromatic N) is 2. The highest BCUT2D eigenvalue weighted by molar-refractivity contribution is 4.99. The highest BCUT2D eigenvalue weighted by Gasteiger charge is 2.26. The van der Waals surface area contributed by atoms with Crippen molar-refractivity contribution < 1.29 is 5.11 Å². The Hall–Kier alpha value is -0.870. The summed E-state index contributed by atoms with van der Waals surface area (Å²) in [6.45, 7) is 6.18. The number of aliphatic hydroxyl groups excluding tert-OH is 1. The van der Waals surface area contributed by atoms with Crippen molar-refractivity contribution in [1.82, 2.24) is 15.1 Å². The topological polar surface area (TPSA) is 50.1 Å². The van der Waals surface area contributed by atoms with E-state index in [-0.39, 0.29) is 6.10 Å². The molecule has 1 aromatic heterocycles. The Kier molecular flexibility index (Phi) is 4.18. The zero-order chi connectivity index (χ0) is 12.3. The van der Waals surface area contributed by atoms with Crippen molar-refractivity contribution in [2.75, 3.05) is 6.54 Å². The summed E-state index contributed by atoms with van der Waals surface area (Å²) in [5.74, 6) is 0.654. The number of hydrogen-bond acceptors (Lipinski definition) is 3. The summed E-state index contributed by atoms with van der Waals surface area (Å²) in [4.78, 5) is 0. The quantitative estimate of drug-likeness (QED) is 0.792. The standard InChI is InChI=1S/C13H23N3O/c1-3-10(2)16-5-4-12(15-16)9-14-8-11-6-13(17)7-11/h4-5,10-11,13-14,17H,3,6-9H2,1-2H3. The second-order valence-electron chi connectivity index (χ2n) is 5.17. The smallest absolute Gasteiger partial charge is 0.0762 e. The van der Waals surface area contributed by atoms with Gasteiger partial charge in [-0.05, 0) is 44.7 Å². The lowest BCUT2D eigenvalue weighted by molar-refractivity contribution is 0.0429. The average Bonchev–Trinajstić information content (AvgIpc) is 2.74. The molecule has 1 saturated carbocycles. The molecule has 2 N–H and O–H groups in total. The van der Waals surface area contributed by atoms with E-state index in [0.717, 1.165) is 38.0 Å². The van der Waals surface area contributed by atoms with E-state index >= 15 is 0 Å². The first-order valence-corrected chi connectivity index (χ1v) is 6.61. The molecule has 0 spiro atoms. The van der Waals surface area contributed by atoms with Crippen LogP contribution in [0.25, 0.3) is 0 Å². The molecule has 0 bridgehead atoms. The molecule has 4 nitrogen and oxygen atoms in total. The number of aliphatic hydroxyl groups is 1. The van der Waals surface area contributed by atoms with Crippen molar-refractivity contribution >= 4 is 0 Å². The lowest BCUT2D eigenvalue weighted by Crippen LogP contribution is -2.35. The van der Waals surface area contributed by atoms with Crippen molar-refractivity contribution in [1.29, 1.82) is 0 Å². The molecule has 96 valence electrons. The SMILES string of the molecule is CCC(C)n1ccc(CNCC2CC(O)C2)n1. The molecule has 0 saturated heterocycles. The molecule has 1 aliphatic carbocycles. The molecule has 1 unspecified atom stereocenters. The van der Waals surface area contributed by atoms with Gasteiger partial charge in [0.05, 0.1) is 11.8 Å². The predicted molar refractivity (Wildman–Crippen MR) is 67.7 cm³/mol. The Morgan fingerprint density at radius 2 is 2.35 bits per heavy atom. The van der Waals surface area contributed by atoms with Crippen molar-refractivity contribution in [3.05, 3.63) is 18.0 Å². The van der Waals surface area contributed by atoms with E-state index in [2.05, 4.69) is 36.5 Å². The third-order valence-electron chi connectivity index (χ3n) is 3.66. The Morgan fingerprint density at radius 1 is 1.59 bits per heavy atom. The maximum Gasteiger partial charge on any atom is 0.0762 e. The molecule has 1 atom stereocenters. The van der Waals surface area contributed by atoms with Gasteiger partial charge in [-0.2, -0.15) is 5.10 Å². The van der Waals surface area contributed by atoms with Crippen LogP contribution in [-0.2, 0) is 6.54 Å². The highest BCUT2D eigenvalue weighted by Crippen LogP contribution is 2.26. The van der Waals surface area contributed by atoms with Crippen LogP contribution in [0.4, 0.5) is 0 Å². The van der Waals surface area contributed by atoms with Crippen LogP contribution >= 0.6 is 0 Å². The maximum absolute atomic E-state index is 9.18. The van der Waals surface area contributed by atoms with Gasteiger partial charge >= 0.3 is 0 Å². The van der Waals surface area contributed by atoms with E-state index in [4.69, 9.17) is 0 Å².